The summed E-state index contributed by atoms with van der Waals surface area (Å²) in [5, 5.41) is 1.33. The molecule has 0 spiro atoms. The third-order valence-corrected chi connectivity index (χ3v) is 3.30. The molecule has 0 atom stereocenters. The van der Waals surface area contributed by atoms with Crippen LogP contribution in [0.25, 0.3) is 10.9 Å². The molecule has 2 rings (SSSR count). The Hall–Kier alpha value is -1.32. The van der Waals surface area contributed by atoms with E-state index >= 15 is 0 Å². The lowest BCUT2D eigenvalue weighted by molar-refractivity contribution is 0.288. The average molecular weight is 231 g/mol. The molecule has 0 saturated heterocycles. The summed E-state index contributed by atoms with van der Waals surface area (Å²) in [7, 11) is 0. The van der Waals surface area contributed by atoms with Crippen LogP contribution in [0.2, 0.25) is 0 Å². The minimum Gasteiger partial charge on any atom is -0.358 e. The maximum atomic E-state index is 5.64. The minimum atomic E-state index is 0.718. The summed E-state index contributed by atoms with van der Waals surface area (Å²) < 4.78 is 0. The summed E-state index contributed by atoms with van der Waals surface area (Å²) in [6.07, 6.45) is 0. The van der Waals surface area contributed by atoms with E-state index in [-0.39, 0.29) is 0 Å². The molecule has 17 heavy (non-hydrogen) atoms. The number of rotatable bonds is 5. The van der Waals surface area contributed by atoms with Crippen LogP contribution in [0.1, 0.15) is 18.2 Å². The van der Waals surface area contributed by atoms with Crippen LogP contribution in [0, 0.1) is 6.92 Å². The summed E-state index contributed by atoms with van der Waals surface area (Å²) >= 11 is 0. The van der Waals surface area contributed by atoms with Crippen molar-refractivity contribution in [1.82, 2.24) is 9.88 Å². The number of benzene rings is 1. The van der Waals surface area contributed by atoms with Crippen LogP contribution < -0.4 is 5.73 Å². The number of nitrogens with two attached hydrogens (primary N) is 1. The van der Waals surface area contributed by atoms with Crippen molar-refractivity contribution in [2.75, 3.05) is 19.6 Å². The Kier molecular flexibility index (Phi) is 3.82. The quantitative estimate of drug-likeness (QED) is 0.829. The van der Waals surface area contributed by atoms with E-state index in [9.17, 15) is 0 Å². The Labute approximate surface area is 103 Å². The average Bonchev–Trinajstić information content (AvgIpc) is 2.65. The lowest BCUT2D eigenvalue weighted by Gasteiger charge is -2.19. The molecule has 92 valence electrons. The highest BCUT2D eigenvalue weighted by Gasteiger charge is 2.10. The standard InChI is InChI=1S/C14H21N3/c1-3-17(9-8-15)10-13-11(2)16-14-7-5-4-6-12(13)14/h4-7,16H,3,8-10,15H2,1-2H3. The zero-order chi connectivity index (χ0) is 12.3. The van der Waals surface area contributed by atoms with Crippen LogP contribution in [0.4, 0.5) is 0 Å². The Morgan fingerprint density at radius 3 is 2.76 bits per heavy atom. The number of H-pyrrole nitrogens is 1. The molecular formula is C14H21N3. The van der Waals surface area contributed by atoms with Gasteiger partial charge in [-0.05, 0) is 25.1 Å². The number of hydrogen-bond acceptors (Lipinski definition) is 2. The number of fused-ring (bicyclic) bond motifs is 1. The van der Waals surface area contributed by atoms with Gasteiger partial charge in [-0.3, -0.25) is 4.90 Å². The number of aryl methyl sites for hydroxylation is 1. The number of aromatic amines is 1. The van der Waals surface area contributed by atoms with E-state index in [2.05, 4.69) is 48.0 Å². The van der Waals surface area contributed by atoms with Gasteiger partial charge in [0.2, 0.25) is 0 Å². The van der Waals surface area contributed by atoms with Gasteiger partial charge < -0.3 is 10.7 Å². The Balaban J connectivity index is 2.31. The molecule has 0 aliphatic rings. The number of likely N-dealkylation sites (N-methyl/N-ethyl adjacent to an activating group) is 1. The van der Waals surface area contributed by atoms with Gasteiger partial charge in [0.25, 0.3) is 0 Å². The lowest BCUT2D eigenvalue weighted by atomic mass is 10.1. The monoisotopic (exact) mass is 231 g/mol. The molecule has 0 unspecified atom stereocenters. The molecule has 0 saturated carbocycles. The molecular weight excluding hydrogens is 210 g/mol. The molecule has 1 aromatic heterocycles. The maximum Gasteiger partial charge on any atom is 0.0459 e. The lowest BCUT2D eigenvalue weighted by Crippen LogP contribution is -2.29. The first-order valence-electron chi connectivity index (χ1n) is 6.24. The maximum absolute atomic E-state index is 5.64. The van der Waals surface area contributed by atoms with Crippen LogP contribution in [0.15, 0.2) is 24.3 Å². The van der Waals surface area contributed by atoms with Crippen LogP contribution in [-0.4, -0.2) is 29.5 Å². The van der Waals surface area contributed by atoms with Gasteiger partial charge in [0, 0.05) is 36.2 Å². The Morgan fingerprint density at radius 2 is 2.06 bits per heavy atom. The summed E-state index contributed by atoms with van der Waals surface area (Å²) in [6, 6.07) is 8.48. The first-order valence-corrected chi connectivity index (χ1v) is 6.24. The van der Waals surface area contributed by atoms with E-state index in [1.165, 1.54) is 22.2 Å². The van der Waals surface area contributed by atoms with Gasteiger partial charge in [0.05, 0.1) is 0 Å². The van der Waals surface area contributed by atoms with Gasteiger partial charge in [-0.15, -0.1) is 0 Å². The van der Waals surface area contributed by atoms with Crippen LogP contribution in [0.3, 0.4) is 0 Å². The minimum absolute atomic E-state index is 0.718. The van der Waals surface area contributed by atoms with E-state index in [1.807, 2.05) is 0 Å². The van der Waals surface area contributed by atoms with Gasteiger partial charge in [0.15, 0.2) is 0 Å². The SMILES string of the molecule is CCN(CCN)Cc1c(C)[nH]c2ccccc12. The van der Waals surface area contributed by atoms with Gasteiger partial charge >= 0.3 is 0 Å². The Morgan fingerprint density at radius 1 is 1.29 bits per heavy atom. The summed E-state index contributed by atoms with van der Waals surface area (Å²) in [5.41, 5.74) is 9.53. The molecule has 0 bridgehead atoms. The molecule has 3 N–H and O–H groups in total. The third kappa shape index (κ3) is 2.51. The highest BCUT2D eigenvalue weighted by Crippen LogP contribution is 2.23. The predicted octanol–water partition coefficient (Wildman–Crippen LogP) is 2.26. The molecule has 3 nitrogen and oxygen atoms in total. The molecule has 1 aromatic carbocycles. The van der Waals surface area contributed by atoms with Crippen molar-refractivity contribution in [3.63, 3.8) is 0 Å². The van der Waals surface area contributed by atoms with Crippen molar-refractivity contribution >= 4 is 10.9 Å². The Bertz CT molecular complexity index is 487. The van der Waals surface area contributed by atoms with Crippen LogP contribution >= 0.6 is 0 Å². The van der Waals surface area contributed by atoms with Crippen molar-refractivity contribution in [3.8, 4) is 0 Å². The molecule has 0 fully saturated rings. The molecule has 0 aliphatic heterocycles. The molecule has 2 aromatic rings. The fourth-order valence-electron chi connectivity index (χ4n) is 2.29. The van der Waals surface area contributed by atoms with Crippen LogP contribution in [0.5, 0.6) is 0 Å². The van der Waals surface area contributed by atoms with Crippen molar-refractivity contribution in [2.24, 2.45) is 5.73 Å². The van der Waals surface area contributed by atoms with Crippen molar-refractivity contribution in [3.05, 3.63) is 35.5 Å². The van der Waals surface area contributed by atoms with Crippen molar-refractivity contribution in [1.29, 1.82) is 0 Å². The van der Waals surface area contributed by atoms with E-state index in [4.69, 9.17) is 5.73 Å². The van der Waals surface area contributed by atoms with E-state index < -0.39 is 0 Å². The van der Waals surface area contributed by atoms with Crippen molar-refractivity contribution in [2.45, 2.75) is 20.4 Å². The molecule has 0 aliphatic carbocycles. The van der Waals surface area contributed by atoms with Crippen LogP contribution in [-0.2, 0) is 6.54 Å². The van der Waals surface area contributed by atoms with Crippen molar-refractivity contribution < 1.29 is 0 Å². The smallest absolute Gasteiger partial charge is 0.0459 e. The molecule has 0 amide bonds. The second kappa shape index (κ2) is 5.34. The summed E-state index contributed by atoms with van der Waals surface area (Å²) in [5.74, 6) is 0. The highest BCUT2D eigenvalue weighted by atomic mass is 15.1. The fourth-order valence-corrected chi connectivity index (χ4v) is 2.29. The largest absolute Gasteiger partial charge is 0.358 e. The number of aromatic nitrogens is 1. The summed E-state index contributed by atoms with van der Waals surface area (Å²) in [6.45, 7) is 8.01. The van der Waals surface area contributed by atoms with E-state index in [1.54, 1.807) is 0 Å². The number of nitrogens with zero attached hydrogens (tertiary/aromatic N) is 1. The number of hydrogen-bond donors (Lipinski definition) is 2. The highest BCUT2D eigenvalue weighted by molar-refractivity contribution is 5.84. The topological polar surface area (TPSA) is 45.0 Å². The first kappa shape index (κ1) is 12.1. The number of nitrogens with one attached hydrogen (secondary N) is 1. The third-order valence-electron chi connectivity index (χ3n) is 3.30. The molecule has 3 heteroatoms. The normalized spacial score (nSPS) is 11.5. The summed E-state index contributed by atoms with van der Waals surface area (Å²) in [4.78, 5) is 5.82. The van der Waals surface area contributed by atoms with Gasteiger partial charge in [-0.2, -0.15) is 0 Å². The predicted molar refractivity (Wildman–Crippen MR) is 73.0 cm³/mol. The van der Waals surface area contributed by atoms with Gasteiger partial charge in [-0.1, -0.05) is 25.1 Å². The van der Waals surface area contributed by atoms with E-state index in [0.717, 1.165) is 26.2 Å². The number of para-hydroxylation sites is 1. The second-order valence-electron chi connectivity index (χ2n) is 4.43. The molecule has 1 heterocycles. The zero-order valence-corrected chi connectivity index (χ0v) is 10.7. The zero-order valence-electron chi connectivity index (χ0n) is 10.7. The fraction of sp³-hybridized carbons (Fsp3) is 0.429. The van der Waals surface area contributed by atoms with Gasteiger partial charge in [0.1, 0.15) is 0 Å². The molecule has 0 radical (unpaired) electrons. The second-order valence-corrected chi connectivity index (χ2v) is 4.43. The van der Waals surface area contributed by atoms with E-state index in [0.29, 0.717) is 0 Å². The first-order chi connectivity index (χ1) is 8.26. The van der Waals surface area contributed by atoms with Gasteiger partial charge in [-0.25, -0.2) is 0 Å².